The summed E-state index contributed by atoms with van der Waals surface area (Å²) in [6.45, 7) is 6.03. The molecule has 5 heteroatoms. The lowest BCUT2D eigenvalue weighted by molar-refractivity contribution is 0.352. The van der Waals surface area contributed by atoms with E-state index in [-0.39, 0.29) is 0 Å². The Bertz CT molecular complexity index is 547. The van der Waals surface area contributed by atoms with Crippen molar-refractivity contribution in [2.24, 2.45) is 5.73 Å². The average Bonchev–Trinajstić information content (AvgIpc) is 3.03. The number of hydrogen-bond acceptors (Lipinski definition) is 4. The van der Waals surface area contributed by atoms with Crippen LogP contribution in [0.5, 0.6) is 0 Å². The van der Waals surface area contributed by atoms with Gasteiger partial charge in [0.2, 0.25) is 0 Å². The molecule has 1 saturated heterocycles. The topological polar surface area (TPSA) is 59.5 Å². The molecule has 96 valence electrons. The highest BCUT2D eigenvalue weighted by Crippen LogP contribution is 2.25. The van der Waals surface area contributed by atoms with E-state index in [4.69, 9.17) is 5.73 Å². The van der Waals surface area contributed by atoms with Crippen molar-refractivity contribution in [3.05, 3.63) is 29.7 Å². The van der Waals surface area contributed by atoms with Crippen molar-refractivity contribution < 1.29 is 0 Å². The van der Waals surface area contributed by atoms with Crippen LogP contribution >= 0.6 is 0 Å². The van der Waals surface area contributed by atoms with E-state index in [1.54, 1.807) is 0 Å². The number of fused-ring (bicyclic) bond motifs is 1. The second-order valence-corrected chi connectivity index (χ2v) is 4.84. The van der Waals surface area contributed by atoms with Gasteiger partial charge in [0.25, 0.3) is 0 Å². The Morgan fingerprint density at radius 3 is 3.06 bits per heavy atom. The van der Waals surface area contributed by atoms with Gasteiger partial charge < -0.3 is 10.6 Å². The molecule has 0 amide bonds. The van der Waals surface area contributed by atoms with E-state index < -0.39 is 0 Å². The molecule has 1 aliphatic rings. The zero-order chi connectivity index (χ0) is 12.5. The molecule has 0 aromatic carbocycles. The smallest absolute Gasteiger partial charge is 0.156 e. The van der Waals surface area contributed by atoms with Crippen LogP contribution in [0, 0.1) is 0 Å². The molecule has 2 aromatic rings. The first kappa shape index (κ1) is 11.6. The molecule has 3 heterocycles. The van der Waals surface area contributed by atoms with Gasteiger partial charge in [0, 0.05) is 19.0 Å². The Morgan fingerprint density at radius 1 is 1.44 bits per heavy atom. The first-order valence-electron chi connectivity index (χ1n) is 6.58. The van der Waals surface area contributed by atoms with Crippen molar-refractivity contribution in [3.63, 3.8) is 0 Å². The highest BCUT2D eigenvalue weighted by atomic mass is 15.3. The third kappa shape index (κ3) is 1.89. The molecule has 0 radical (unpaired) electrons. The van der Waals surface area contributed by atoms with Crippen molar-refractivity contribution in [2.45, 2.75) is 25.8 Å². The molecule has 5 nitrogen and oxygen atoms in total. The zero-order valence-corrected chi connectivity index (χ0v) is 10.7. The number of pyridine rings is 1. The van der Waals surface area contributed by atoms with Gasteiger partial charge in [-0.1, -0.05) is 13.0 Å². The van der Waals surface area contributed by atoms with Gasteiger partial charge in [0.1, 0.15) is 0 Å². The minimum absolute atomic E-state index is 0.468. The van der Waals surface area contributed by atoms with Crippen LogP contribution in [0.1, 0.15) is 30.8 Å². The SMILES string of the molecule is CCN1CCC(c2nc3cccc(CN)n3n2)C1. The summed E-state index contributed by atoms with van der Waals surface area (Å²) in [4.78, 5) is 7.09. The van der Waals surface area contributed by atoms with E-state index in [1.807, 2.05) is 22.7 Å². The van der Waals surface area contributed by atoms with Crippen molar-refractivity contribution in [1.82, 2.24) is 19.5 Å². The van der Waals surface area contributed by atoms with Crippen LogP contribution in [-0.4, -0.2) is 39.1 Å². The maximum Gasteiger partial charge on any atom is 0.156 e. The Morgan fingerprint density at radius 2 is 2.33 bits per heavy atom. The van der Waals surface area contributed by atoms with Gasteiger partial charge in [-0.3, -0.25) is 0 Å². The maximum atomic E-state index is 5.73. The van der Waals surface area contributed by atoms with Crippen molar-refractivity contribution in [1.29, 1.82) is 0 Å². The Balaban J connectivity index is 1.94. The van der Waals surface area contributed by atoms with Crippen LogP contribution in [0.15, 0.2) is 18.2 Å². The van der Waals surface area contributed by atoms with E-state index in [1.165, 1.54) is 0 Å². The molecule has 0 bridgehead atoms. The number of likely N-dealkylation sites (N-methyl/N-ethyl adjacent to an activating group) is 1. The lowest BCUT2D eigenvalue weighted by atomic mass is 10.1. The third-order valence-corrected chi connectivity index (χ3v) is 3.75. The molecule has 1 atom stereocenters. The summed E-state index contributed by atoms with van der Waals surface area (Å²) < 4.78 is 1.88. The molecule has 1 aliphatic heterocycles. The molecule has 1 fully saturated rings. The quantitative estimate of drug-likeness (QED) is 0.876. The van der Waals surface area contributed by atoms with E-state index in [9.17, 15) is 0 Å². The minimum atomic E-state index is 0.468. The van der Waals surface area contributed by atoms with Gasteiger partial charge in [0.05, 0.1) is 5.69 Å². The summed E-state index contributed by atoms with van der Waals surface area (Å²) in [5.74, 6) is 1.43. The molecule has 3 rings (SSSR count). The maximum absolute atomic E-state index is 5.73. The molecule has 0 saturated carbocycles. The summed E-state index contributed by atoms with van der Waals surface area (Å²) in [6.07, 6.45) is 1.16. The predicted octanol–water partition coefficient (Wildman–Crippen LogP) is 0.997. The molecule has 18 heavy (non-hydrogen) atoms. The van der Waals surface area contributed by atoms with Crippen molar-refractivity contribution in [2.75, 3.05) is 19.6 Å². The Hall–Kier alpha value is -1.46. The summed E-state index contributed by atoms with van der Waals surface area (Å²) >= 11 is 0. The van der Waals surface area contributed by atoms with Crippen LogP contribution in [0.3, 0.4) is 0 Å². The lowest BCUT2D eigenvalue weighted by Crippen LogP contribution is -2.19. The van der Waals surface area contributed by atoms with Gasteiger partial charge in [0.15, 0.2) is 11.5 Å². The number of aromatic nitrogens is 3. The van der Waals surface area contributed by atoms with Gasteiger partial charge in [-0.25, -0.2) is 9.50 Å². The van der Waals surface area contributed by atoms with E-state index in [2.05, 4.69) is 21.9 Å². The first-order valence-corrected chi connectivity index (χ1v) is 6.58. The first-order chi connectivity index (χ1) is 8.81. The fraction of sp³-hybridized carbons (Fsp3) is 0.538. The second-order valence-electron chi connectivity index (χ2n) is 4.84. The molecular weight excluding hydrogens is 226 g/mol. The molecule has 1 unspecified atom stereocenters. The number of nitrogens with two attached hydrogens (primary N) is 1. The molecule has 0 spiro atoms. The van der Waals surface area contributed by atoms with Crippen molar-refractivity contribution in [3.8, 4) is 0 Å². The molecule has 2 aromatic heterocycles. The summed E-state index contributed by atoms with van der Waals surface area (Å²) in [5.41, 5.74) is 7.64. The van der Waals surface area contributed by atoms with Gasteiger partial charge in [-0.05, 0) is 31.6 Å². The van der Waals surface area contributed by atoms with Gasteiger partial charge in [-0.2, -0.15) is 5.10 Å². The fourth-order valence-electron chi connectivity index (χ4n) is 2.63. The van der Waals surface area contributed by atoms with Crippen LogP contribution < -0.4 is 5.73 Å². The number of hydrogen-bond donors (Lipinski definition) is 1. The Labute approximate surface area is 107 Å². The third-order valence-electron chi connectivity index (χ3n) is 3.75. The highest BCUT2D eigenvalue weighted by molar-refractivity contribution is 5.39. The van der Waals surface area contributed by atoms with Crippen LogP contribution in [0.4, 0.5) is 0 Å². The normalized spacial score (nSPS) is 20.9. The monoisotopic (exact) mass is 245 g/mol. The molecule has 2 N–H and O–H groups in total. The summed E-state index contributed by atoms with van der Waals surface area (Å²) in [5, 5.41) is 4.63. The van der Waals surface area contributed by atoms with E-state index >= 15 is 0 Å². The second kappa shape index (κ2) is 4.66. The Kier molecular flexibility index (Phi) is 3.01. The largest absolute Gasteiger partial charge is 0.325 e. The predicted molar refractivity (Wildman–Crippen MR) is 70.4 cm³/mol. The highest BCUT2D eigenvalue weighted by Gasteiger charge is 2.26. The molecular formula is C13H19N5. The van der Waals surface area contributed by atoms with Crippen LogP contribution in [0.25, 0.3) is 5.65 Å². The van der Waals surface area contributed by atoms with Gasteiger partial charge >= 0.3 is 0 Å². The van der Waals surface area contributed by atoms with E-state index in [0.717, 1.165) is 43.2 Å². The lowest BCUT2D eigenvalue weighted by Gasteiger charge is -2.10. The van der Waals surface area contributed by atoms with E-state index in [0.29, 0.717) is 12.5 Å². The number of likely N-dealkylation sites (tertiary alicyclic amines) is 1. The number of nitrogens with zero attached hydrogens (tertiary/aromatic N) is 4. The van der Waals surface area contributed by atoms with Gasteiger partial charge in [-0.15, -0.1) is 0 Å². The van der Waals surface area contributed by atoms with Crippen LogP contribution in [0.2, 0.25) is 0 Å². The molecule has 0 aliphatic carbocycles. The summed E-state index contributed by atoms with van der Waals surface area (Å²) in [6, 6.07) is 5.98. The average molecular weight is 245 g/mol. The fourth-order valence-corrected chi connectivity index (χ4v) is 2.63. The standard InChI is InChI=1S/C13H19N5/c1-2-17-7-6-10(9-17)13-15-12-5-3-4-11(8-14)18(12)16-13/h3-5,10H,2,6-9,14H2,1H3. The van der Waals surface area contributed by atoms with Crippen LogP contribution in [-0.2, 0) is 6.54 Å². The van der Waals surface area contributed by atoms with Crippen molar-refractivity contribution >= 4 is 5.65 Å². The summed E-state index contributed by atoms with van der Waals surface area (Å²) in [7, 11) is 0. The number of rotatable bonds is 3. The zero-order valence-electron chi connectivity index (χ0n) is 10.7. The minimum Gasteiger partial charge on any atom is -0.325 e.